The average molecular weight is 388 g/mol. The topological polar surface area (TPSA) is 153 Å². The van der Waals surface area contributed by atoms with E-state index in [1.807, 2.05) is 0 Å². The minimum atomic E-state index is -1.56. The Labute approximate surface area is 159 Å². The van der Waals surface area contributed by atoms with Crippen molar-refractivity contribution in [3.63, 3.8) is 0 Å². The van der Waals surface area contributed by atoms with Gasteiger partial charge in [0.1, 0.15) is 18.4 Å². The molecule has 0 bridgehead atoms. The molecule has 11 nitrogen and oxygen atoms in total. The van der Waals surface area contributed by atoms with Gasteiger partial charge in [-0.25, -0.2) is 4.79 Å². The van der Waals surface area contributed by atoms with Crippen molar-refractivity contribution in [2.24, 2.45) is 5.11 Å². The molecule has 0 radical (unpaired) electrons. The number of hydrogen-bond acceptors (Lipinski definition) is 7. The summed E-state index contributed by atoms with van der Waals surface area (Å²) in [5.41, 5.74) is 8.31. The first-order chi connectivity index (χ1) is 13.3. The second-order valence-electron chi connectivity index (χ2n) is 6.76. The molecule has 1 fully saturated rings. The van der Waals surface area contributed by atoms with Crippen molar-refractivity contribution in [2.75, 3.05) is 7.05 Å². The lowest BCUT2D eigenvalue weighted by Crippen LogP contribution is -2.41. The van der Waals surface area contributed by atoms with E-state index >= 15 is 0 Å². The Morgan fingerprint density at radius 1 is 1.50 bits per heavy atom. The molecule has 0 amide bonds. The molecule has 2 N–H and O–H groups in total. The SMILES string of the molecule is Cc1cn([C@H]2C[C@H](N=[N+]=[N-])[C@@H](C(O)C(=O)C3=CN(C)C=CC3)O2)c(=O)[nH]c1=O. The van der Waals surface area contributed by atoms with Gasteiger partial charge in [-0.1, -0.05) is 11.2 Å². The number of carbonyl (C=O) groups is 1. The number of Topliss-reactive ketones (excluding diaryl/α,β-unsaturated/α-hetero) is 1. The third-order valence-corrected chi connectivity index (χ3v) is 4.73. The highest BCUT2D eigenvalue weighted by Gasteiger charge is 2.43. The predicted molar refractivity (Wildman–Crippen MR) is 98.1 cm³/mol. The number of nitrogens with zero attached hydrogens (tertiary/aromatic N) is 5. The van der Waals surface area contributed by atoms with Gasteiger partial charge in [0.25, 0.3) is 5.56 Å². The first kappa shape index (κ1) is 19.6. The first-order valence-electron chi connectivity index (χ1n) is 8.65. The van der Waals surface area contributed by atoms with Crippen molar-refractivity contribution in [1.29, 1.82) is 0 Å². The van der Waals surface area contributed by atoms with E-state index in [1.54, 1.807) is 30.4 Å². The highest BCUT2D eigenvalue weighted by atomic mass is 16.5. The average Bonchev–Trinajstić information content (AvgIpc) is 3.07. The number of ether oxygens (including phenoxy) is 1. The number of allylic oxidation sites excluding steroid dienone is 1. The summed E-state index contributed by atoms with van der Waals surface area (Å²) in [5.74, 6) is -0.537. The summed E-state index contributed by atoms with van der Waals surface area (Å²) in [4.78, 5) is 43.0. The summed E-state index contributed by atoms with van der Waals surface area (Å²) in [5, 5.41) is 14.2. The molecule has 2 aliphatic rings. The number of aliphatic hydroxyl groups is 1. The number of H-pyrrole nitrogens is 1. The number of carbonyl (C=O) groups excluding carboxylic acids is 1. The quantitative estimate of drug-likeness (QED) is 0.425. The van der Waals surface area contributed by atoms with Gasteiger partial charge in [0.05, 0.1) is 6.04 Å². The molecule has 0 saturated carbocycles. The lowest BCUT2D eigenvalue weighted by Gasteiger charge is -2.23. The number of nitrogens with one attached hydrogen (secondary N) is 1. The van der Waals surface area contributed by atoms with Crippen LogP contribution in [0.25, 0.3) is 10.4 Å². The predicted octanol–water partition coefficient (Wildman–Crippen LogP) is 0.475. The number of hydrogen-bond donors (Lipinski definition) is 2. The molecule has 28 heavy (non-hydrogen) atoms. The number of aromatic nitrogens is 2. The van der Waals surface area contributed by atoms with Gasteiger partial charge in [-0.2, -0.15) is 0 Å². The molecule has 4 atom stereocenters. The normalized spacial score (nSPS) is 25.2. The van der Waals surface area contributed by atoms with Crippen LogP contribution >= 0.6 is 0 Å². The van der Waals surface area contributed by atoms with Gasteiger partial charge in [0.15, 0.2) is 5.78 Å². The van der Waals surface area contributed by atoms with E-state index in [0.717, 1.165) is 4.57 Å². The summed E-state index contributed by atoms with van der Waals surface area (Å²) in [6.45, 7) is 1.53. The molecule has 1 unspecified atom stereocenters. The second kappa shape index (κ2) is 7.85. The second-order valence-corrected chi connectivity index (χ2v) is 6.76. The molecular formula is C17H20N6O5. The maximum absolute atomic E-state index is 12.7. The van der Waals surface area contributed by atoms with Gasteiger partial charge in [-0.3, -0.25) is 19.1 Å². The molecule has 0 spiro atoms. The van der Waals surface area contributed by atoms with Crippen molar-refractivity contribution in [3.05, 3.63) is 67.1 Å². The van der Waals surface area contributed by atoms with Crippen molar-refractivity contribution >= 4 is 5.78 Å². The van der Waals surface area contributed by atoms with E-state index in [-0.39, 0.29) is 6.42 Å². The zero-order valence-electron chi connectivity index (χ0n) is 15.3. The molecule has 0 aliphatic carbocycles. The van der Waals surface area contributed by atoms with Gasteiger partial charge in [-0.05, 0) is 25.1 Å². The smallest absolute Gasteiger partial charge is 0.330 e. The molecule has 1 saturated heterocycles. The van der Waals surface area contributed by atoms with Crippen LogP contribution in [0.3, 0.4) is 0 Å². The Morgan fingerprint density at radius 3 is 2.93 bits per heavy atom. The number of aromatic amines is 1. The molecule has 0 aromatic carbocycles. The molecular weight excluding hydrogens is 368 g/mol. The Balaban J connectivity index is 1.87. The largest absolute Gasteiger partial charge is 0.382 e. The number of aliphatic hydroxyl groups excluding tert-OH is 1. The van der Waals surface area contributed by atoms with Gasteiger partial charge in [0.2, 0.25) is 0 Å². The minimum absolute atomic E-state index is 0.0727. The Kier molecular flexibility index (Phi) is 5.50. The van der Waals surface area contributed by atoms with E-state index < -0.39 is 41.5 Å². The number of aryl methyl sites for hydroxylation is 1. The first-order valence-corrected chi connectivity index (χ1v) is 8.65. The zero-order valence-corrected chi connectivity index (χ0v) is 15.3. The summed E-state index contributed by atoms with van der Waals surface area (Å²) in [6, 6.07) is -0.856. The van der Waals surface area contributed by atoms with Crippen LogP contribution in [0.4, 0.5) is 0 Å². The summed E-state index contributed by atoms with van der Waals surface area (Å²) < 4.78 is 6.89. The molecule has 3 heterocycles. The van der Waals surface area contributed by atoms with Crippen molar-refractivity contribution in [2.45, 2.75) is 44.2 Å². The van der Waals surface area contributed by atoms with Crippen molar-refractivity contribution in [1.82, 2.24) is 14.5 Å². The Morgan fingerprint density at radius 2 is 2.25 bits per heavy atom. The summed E-state index contributed by atoms with van der Waals surface area (Å²) >= 11 is 0. The fraction of sp³-hybridized carbons (Fsp3) is 0.471. The maximum atomic E-state index is 12.7. The fourth-order valence-electron chi connectivity index (χ4n) is 3.30. The molecule has 11 heteroatoms. The number of rotatable bonds is 5. The van der Waals surface area contributed by atoms with E-state index in [0.29, 0.717) is 17.6 Å². The zero-order chi connectivity index (χ0) is 20.4. The lowest BCUT2D eigenvalue weighted by molar-refractivity contribution is -0.134. The van der Waals surface area contributed by atoms with Gasteiger partial charge in [-0.15, -0.1) is 0 Å². The van der Waals surface area contributed by atoms with Gasteiger partial charge >= 0.3 is 5.69 Å². The highest BCUT2D eigenvalue weighted by molar-refractivity contribution is 5.99. The van der Waals surface area contributed by atoms with Crippen LogP contribution in [0, 0.1) is 6.92 Å². The van der Waals surface area contributed by atoms with Crippen LogP contribution in [-0.4, -0.2) is 50.6 Å². The number of azide groups is 1. The Hall–Kier alpha value is -3.14. The van der Waals surface area contributed by atoms with Crippen LogP contribution in [0.2, 0.25) is 0 Å². The molecule has 1 aromatic heterocycles. The van der Waals surface area contributed by atoms with Crippen LogP contribution in [0.15, 0.2) is 44.9 Å². The van der Waals surface area contributed by atoms with E-state index in [9.17, 15) is 19.5 Å². The van der Waals surface area contributed by atoms with Crippen LogP contribution < -0.4 is 11.2 Å². The van der Waals surface area contributed by atoms with E-state index in [2.05, 4.69) is 15.0 Å². The molecule has 3 rings (SSSR count). The van der Waals surface area contributed by atoms with E-state index in [4.69, 9.17) is 10.3 Å². The van der Waals surface area contributed by atoms with E-state index in [1.165, 1.54) is 13.1 Å². The highest BCUT2D eigenvalue weighted by Crippen LogP contribution is 2.33. The Bertz CT molecular complexity index is 1000. The maximum Gasteiger partial charge on any atom is 0.330 e. The molecule has 1 aromatic rings. The lowest BCUT2D eigenvalue weighted by atomic mass is 9.96. The monoisotopic (exact) mass is 388 g/mol. The van der Waals surface area contributed by atoms with Crippen molar-refractivity contribution < 1.29 is 14.6 Å². The summed E-state index contributed by atoms with van der Waals surface area (Å²) in [6.07, 6.45) is 3.37. The molecule has 148 valence electrons. The standard InChI is InChI=1S/C17H20N6O5/c1-9-7-23(17(27)19-16(9)26)12-6-11(20-21-18)15(28-12)14(25)13(24)10-4-3-5-22(2)8-10/h3,5,7-8,11-12,14-15,25H,4,6H2,1-2H3,(H,19,26,27)/t11-,12+,14?,15-/m0/s1. The fourth-order valence-corrected chi connectivity index (χ4v) is 3.30. The third-order valence-electron chi connectivity index (χ3n) is 4.73. The molecule has 2 aliphatic heterocycles. The van der Waals surface area contributed by atoms with Gasteiger partial charge in [0, 0.05) is 41.9 Å². The number of ketones is 1. The van der Waals surface area contributed by atoms with Crippen LogP contribution in [0.1, 0.15) is 24.6 Å². The third kappa shape index (κ3) is 3.77. The van der Waals surface area contributed by atoms with Crippen LogP contribution in [-0.2, 0) is 9.53 Å². The van der Waals surface area contributed by atoms with Crippen LogP contribution in [0.5, 0.6) is 0 Å². The minimum Gasteiger partial charge on any atom is -0.382 e. The van der Waals surface area contributed by atoms with Crippen molar-refractivity contribution in [3.8, 4) is 0 Å². The van der Waals surface area contributed by atoms with Gasteiger partial charge < -0.3 is 14.7 Å². The summed E-state index contributed by atoms with van der Waals surface area (Å²) in [7, 11) is 1.76.